The Kier molecular flexibility index (Phi) is 3.62. The minimum absolute atomic E-state index is 0.160. The van der Waals surface area contributed by atoms with Gasteiger partial charge in [-0.05, 0) is 12.1 Å². The highest BCUT2D eigenvalue weighted by molar-refractivity contribution is 7.91. The van der Waals surface area contributed by atoms with Crippen molar-refractivity contribution in [1.29, 1.82) is 0 Å². The molecule has 4 nitrogen and oxygen atoms in total. The minimum Gasteiger partial charge on any atom is -0.394 e. The van der Waals surface area contributed by atoms with E-state index in [9.17, 15) is 8.42 Å². The second-order valence-corrected chi connectivity index (χ2v) is 4.97. The Morgan fingerprint density at radius 1 is 1.21 bits per heavy atom. The van der Waals surface area contributed by atoms with Crippen LogP contribution in [0.2, 0.25) is 0 Å². The van der Waals surface area contributed by atoms with Gasteiger partial charge in [-0.15, -0.1) is 0 Å². The highest BCUT2D eigenvalue weighted by Gasteiger charge is 2.18. The Morgan fingerprint density at radius 3 is 2.29 bits per heavy atom. The Balaban J connectivity index is 2.87. The lowest BCUT2D eigenvalue weighted by molar-refractivity contribution is 0.112. The van der Waals surface area contributed by atoms with Crippen LogP contribution in [0.25, 0.3) is 0 Å². The third-order valence-corrected chi connectivity index (χ3v) is 3.54. The molecule has 0 aromatic heterocycles. The fraction of sp³-hybridized carbons (Fsp3) is 0.333. The fourth-order valence-electron chi connectivity index (χ4n) is 1.03. The van der Waals surface area contributed by atoms with Gasteiger partial charge in [0, 0.05) is 0 Å². The summed E-state index contributed by atoms with van der Waals surface area (Å²) >= 11 is 0. The quantitative estimate of drug-likeness (QED) is 0.731. The molecule has 0 saturated heterocycles. The van der Waals surface area contributed by atoms with E-state index in [0.29, 0.717) is 0 Å². The van der Waals surface area contributed by atoms with Crippen molar-refractivity contribution in [2.24, 2.45) is 0 Å². The van der Waals surface area contributed by atoms with E-state index in [0.717, 1.165) is 0 Å². The lowest BCUT2D eigenvalue weighted by atomic mass is 10.4. The molecule has 0 fully saturated rings. The lowest BCUT2D eigenvalue weighted by Gasteiger charge is -2.07. The molecule has 0 unspecified atom stereocenters. The predicted molar refractivity (Wildman–Crippen MR) is 51.6 cm³/mol. The van der Waals surface area contributed by atoms with Crippen LogP contribution >= 0.6 is 0 Å². The summed E-state index contributed by atoms with van der Waals surface area (Å²) in [5, 5.41) is 17.6. The summed E-state index contributed by atoms with van der Waals surface area (Å²) in [4.78, 5) is 0.160. The monoisotopic (exact) mass is 216 g/mol. The summed E-state index contributed by atoms with van der Waals surface area (Å²) in [7, 11) is -3.48. The van der Waals surface area contributed by atoms with Gasteiger partial charge < -0.3 is 10.2 Å². The number of benzene rings is 1. The van der Waals surface area contributed by atoms with Gasteiger partial charge in [0.25, 0.3) is 0 Å². The lowest BCUT2D eigenvalue weighted by Crippen LogP contribution is -2.24. The first kappa shape index (κ1) is 11.2. The highest BCUT2D eigenvalue weighted by atomic mass is 32.2. The summed E-state index contributed by atoms with van der Waals surface area (Å²) in [6.07, 6.45) is -1.22. The van der Waals surface area contributed by atoms with Crippen molar-refractivity contribution < 1.29 is 18.6 Å². The van der Waals surface area contributed by atoms with E-state index in [1.807, 2.05) is 0 Å². The Bertz CT molecular complexity index is 371. The maximum atomic E-state index is 11.5. The molecule has 0 bridgehead atoms. The molecule has 2 N–H and O–H groups in total. The molecule has 0 aliphatic heterocycles. The first-order chi connectivity index (χ1) is 6.56. The summed E-state index contributed by atoms with van der Waals surface area (Å²) < 4.78 is 23.1. The molecule has 0 aliphatic carbocycles. The van der Waals surface area contributed by atoms with Crippen molar-refractivity contribution in [1.82, 2.24) is 0 Å². The van der Waals surface area contributed by atoms with Crippen LogP contribution in [-0.4, -0.2) is 37.1 Å². The third kappa shape index (κ3) is 2.80. The van der Waals surface area contributed by atoms with Gasteiger partial charge in [-0.2, -0.15) is 0 Å². The van der Waals surface area contributed by atoms with Crippen molar-refractivity contribution in [2.45, 2.75) is 11.0 Å². The molecule has 1 atom stereocenters. The summed E-state index contributed by atoms with van der Waals surface area (Å²) in [5.41, 5.74) is 0. The van der Waals surface area contributed by atoms with Gasteiger partial charge in [0.2, 0.25) is 0 Å². The summed E-state index contributed by atoms with van der Waals surface area (Å²) in [5.74, 6) is -0.451. The average molecular weight is 216 g/mol. The second kappa shape index (κ2) is 4.54. The van der Waals surface area contributed by atoms with Crippen molar-refractivity contribution in [3.8, 4) is 0 Å². The van der Waals surface area contributed by atoms with E-state index in [1.165, 1.54) is 12.1 Å². The molecule has 0 heterocycles. The molecule has 14 heavy (non-hydrogen) atoms. The fourth-order valence-corrected chi connectivity index (χ4v) is 2.41. The van der Waals surface area contributed by atoms with Crippen molar-refractivity contribution in [3.05, 3.63) is 30.3 Å². The largest absolute Gasteiger partial charge is 0.394 e. The van der Waals surface area contributed by atoms with Crippen LogP contribution in [0.15, 0.2) is 35.2 Å². The Hall–Kier alpha value is -0.910. The molecular weight excluding hydrogens is 204 g/mol. The molecular formula is C9H12O4S. The SMILES string of the molecule is O=S(=O)(C[C@H](O)CO)c1ccccc1. The second-order valence-electron chi connectivity index (χ2n) is 2.93. The van der Waals surface area contributed by atoms with Crippen molar-refractivity contribution >= 4 is 9.84 Å². The van der Waals surface area contributed by atoms with E-state index < -0.39 is 28.3 Å². The molecule has 78 valence electrons. The zero-order valence-corrected chi connectivity index (χ0v) is 8.31. The van der Waals surface area contributed by atoms with Crippen molar-refractivity contribution in [3.63, 3.8) is 0 Å². The minimum atomic E-state index is -3.48. The first-order valence-corrected chi connectivity index (χ1v) is 5.78. The number of sulfone groups is 1. The normalized spacial score (nSPS) is 13.9. The Morgan fingerprint density at radius 2 is 1.79 bits per heavy atom. The van der Waals surface area contributed by atoms with Crippen LogP contribution < -0.4 is 0 Å². The van der Waals surface area contributed by atoms with Crippen LogP contribution in [0.1, 0.15) is 0 Å². The van der Waals surface area contributed by atoms with E-state index in [2.05, 4.69) is 0 Å². The maximum Gasteiger partial charge on any atom is 0.180 e. The van der Waals surface area contributed by atoms with Crippen LogP contribution in [0, 0.1) is 0 Å². The van der Waals surface area contributed by atoms with Crippen LogP contribution in [-0.2, 0) is 9.84 Å². The molecule has 0 spiro atoms. The topological polar surface area (TPSA) is 74.6 Å². The van der Waals surface area contributed by atoms with Gasteiger partial charge in [0.1, 0.15) is 0 Å². The zero-order valence-electron chi connectivity index (χ0n) is 7.50. The number of rotatable bonds is 4. The van der Waals surface area contributed by atoms with E-state index in [4.69, 9.17) is 10.2 Å². The average Bonchev–Trinajstić information content (AvgIpc) is 2.18. The molecule has 1 aromatic carbocycles. The van der Waals surface area contributed by atoms with Gasteiger partial charge >= 0.3 is 0 Å². The molecule has 0 saturated carbocycles. The zero-order chi connectivity index (χ0) is 10.6. The first-order valence-electron chi connectivity index (χ1n) is 4.13. The number of hydrogen-bond donors (Lipinski definition) is 2. The van der Waals surface area contributed by atoms with Crippen LogP contribution in [0.4, 0.5) is 0 Å². The van der Waals surface area contributed by atoms with Gasteiger partial charge in [-0.1, -0.05) is 18.2 Å². The van der Waals surface area contributed by atoms with E-state index in [1.54, 1.807) is 18.2 Å². The van der Waals surface area contributed by atoms with Gasteiger partial charge in [0.15, 0.2) is 9.84 Å². The molecule has 0 aliphatic rings. The molecule has 0 radical (unpaired) electrons. The van der Waals surface area contributed by atoms with Crippen LogP contribution in [0.5, 0.6) is 0 Å². The molecule has 1 aromatic rings. The van der Waals surface area contributed by atoms with Crippen LogP contribution in [0.3, 0.4) is 0 Å². The number of aliphatic hydroxyl groups is 2. The highest BCUT2D eigenvalue weighted by Crippen LogP contribution is 2.10. The van der Waals surface area contributed by atoms with Gasteiger partial charge in [-0.3, -0.25) is 0 Å². The smallest absolute Gasteiger partial charge is 0.180 e. The molecule has 5 heteroatoms. The maximum absolute atomic E-state index is 11.5. The van der Waals surface area contributed by atoms with E-state index in [-0.39, 0.29) is 4.90 Å². The van der Waals surface area contributed by atoms with Gasteiger partial charge in [-0.25, -0.2) is 8.42 Å². The molecule has 1 rings (SSSR count). The Labute approximate surface area is 82.7 Å². The molecule has 0 amide bonds. The van der Waals surface area contributed by atoms with E-state index >= 15 is 0 Å². The predicted octanol–water partition coefficient (Wildman–Crippen LogP) is -0.187. The standard InChI is InChI=1S/C9H12O4S/c10-6-8(11)7-14(12,13)9-4-2-1-3-5-9/h1-5,8,10-11H,6-7H2/t8-/m1/s1. The summed E-state index contributed by atoms with van der Waals surface area (Å²) in [6.45, 7) is -0.550. The van der Waals surface area contributed by atoms with Gasteiger partial charge in [0.05, 0.1) is 23.4 Å². The third-order valence-electron chi connectivity index (χ3n) is 1.72. The number of aliphatic hydroxyl groups excluding tert-OH is 2. The van der Waals surface area contributed by atoms with Crippen molar-refractivity contribution in [2.75, 3.05) is 12.4 Å². The summed E-state index contributed by atoms with van der Waals surface area (Å²) in [6, 6.07) is 7.84. The number of hydrogen-bond acceptors (Lipinski definition) is 4.